The molecule has 2 aromatic carbocycles. The molecule has 1 aliphatic rings. The molecule has 0 spiro atoms. The van der Waals surface area contributed by atoms with Crippen molar-refractivity contribution < 1.29 is 18.0 Å². The van der Waals surface area contributed by atoms with E-state index >= 15 is 0 Å². The number of aryl methyl sites for hydroxylation is 1. The van der Waals surface area contributed by atoms with Crippen molar-refractivity contribution in [3.8, 4) is 5.69 Å². The highest BCUT2D eigenvalue weighted by atomic mass is 35.5. The van der Waals surface area contributed by atoms with Crippen LogP contribution in [0.15, 0.2) is 59.4 Å². The number of aromatic nitrogens is 1. The van der Waals surface area contributed by atoms with Crippen molar-refractivity contribution in [2.24, 2.45) is 5.92 Å². The van der Waals surface area contributed by atoms with Gasteiger partial charge in [-0.15, -0.1) is 0 Å². The Labute approximate surface area is 200 Å². The second-order valence-electron chi connectivity index (χ2n) is 8.68. The van der Waals surface area contributed by atoms with Gasteiger partial charge in [0.2, 0.25) is 0 Å². The molecule has 0 saturated heterocycles. The zero-order chi connectivity index (χ0) is 24.6. The zero-order valence-electron chi connectivity index (χ0n) is 18.7. The smallest absolute Gasteiger partial charge is 0.345 e. The van der Waals surface area contributed by atoms with Crippen LogP contribution in [0.2, 0.25) is 5.02 Å². The maximum absolute atomic E-state index is 14.1. The number of hydrogen-bond donors (Lipinski definition) is 1. The Morgan fingerprint density at radius 3 is 2.32 bits per heavy atom. The molecule has 1 saturated carbocycles. The van der Waals surface area contributed by atoms with Crippen LogP contribution < -0.4 is 10.9 Å². The largest absolute Gasteiger partial charge is 0.418 e. The lowest BCUT2D eigenvalue weighted by Gasteiger charge is -2.35. The molecule has 34 heavy (non-hydrogen) atoms. The number of rotatable bonds is 5. The average molecular weight is 489 g/mol. The van der Waals surface area contributed by atoms with Crippen LogP contribution in [0.3, 0.4) is 0 Å². The first-order valence-corrected chi connectivity index (χ1v) is 11.4. The molecule has 3 aromatic rings. The first-order chi connectivity index (χ1) is 16.1. The van der Waals surface area contributed by atoms with Crippen LogP contribution in [-0.4, -0.2) is 10.5 Å². The maximum Gasteiger partial charge on any atom is 0.418 e. The van der Waals surface area contributed by atoms with Crippen LogP contribution in [0, 0.1) is 19.8 Å². The summed E-state index contributed by atoms with van der Waals surface area (Å²) in [5.74, 6) is -0.786. The van der Waals surface area contributed by atoms with Gasteiger partial charge in [-0.25, -0.2) is 0 Å². The van der Waals surface area contributed by atoms with E-state index in [0.717, 1.165) is 35.0 Å². The van der Waals surface area contributed by atoms with Crippen molar-refractivity contribution in [1.82, 2.24) is 9.88 Å². The Hall–Kier alpha value is -3.06. The summed E-state index contributed by atoms with van der Waals surface area (Å²) in [6.07, 6.45) is -2.25. The van der Waals surface area contributed by atoms with Gasteiger partial charge in [-0.2, -0.15) is 13.2 Å². The summed E-state index contributed by atoms with van der Waals surface area (Å²) in [5.41, 5.74) is -1.04. The molecule has 0 aliphatic heterocycles. The van der Waals surface area contributed by atoms with Gasteiger partial charge in [-0.3, -0.25) is 14.2 Å². The molecule has 4 nitrogen and oxygen atoms in total. The van der Waals surface area contributed by atoms with E-state index in [-0.39, 0.29) is 11.6 Å². The molecule has 1 heterocycles. The number of halogens is 4. The first-order valence-electron chi connectivity index (χ1n) is 11.0. The summed E-state index contributed by atoms with van der Waals surface area (Å²) >= 11 is 6.00. The fourth-order valence-corrected chi connectivity index (χ4v) is 4.80. The SMILES string of the molecule is Cc1cccc([C@@H](NC(=O)c2c(C(F)(F)F)c(Cl)c(=O)n(-c3ccccc3)c2C)C2CCC2)c1. The molecule has 1 N–H and O–H groups in total. The minimum atomic E-state index is -4.99. The number of hydrogen-bond acceptors (Lipinski definition) is 2. The van der Waals surface area contributed by atoms with E-state index in [1.807, 2.05) is 31.2 Å². The molecule has 4 rings (SSSR count). The Bertz CT molecular complexity index is 1280. The minimum absolute atomic E-state index is 0.121. The van der Waals surface area contributed by atoms with Gasteiger partial charge in [0, 0.05) is 11.4 Å². The average Bonchev–Trinajstić information content (AvgIpc) is 2.74. The van der Waals surface area contributed by atoms with Gasteiger partial charge in [-0.1, -0.05) is 66.0 Å². The summed E-state index contributed by atoms with van der Waals surface area (Å²) in [7, 11) is 0. The third-order valence-corrected chi connectivity index (χ3v) is 6.74. The normalized spacial score (nSPS) is 15.0. The molecule has 0 bridgehead atoms. The number of para-hydroxylation sites is 1. The summed E-state index contributed by atoms with van der Waals surface area (Å²) in [6, 6.07) is 15.3. The van der Waals surface area contributed by atoms with Crippen LogP contribution >= 0.6 is 11.6 Å². The predicted molar refractivity (Wildman–Crippen MR) is 126 cm³/mol. The number of amides is 1. The molecule has 0 radical (unpaired) electrons. The lowest BCUT2D eigenvalue weighted by Crippen LogP contribution is -2.39. The van der Waals surface area contributed by atoms with E-state index in [1.54, 1.807) is 30.3 Å². The molecule has 8 heteroatoms. The third kappa shape index (κ3) is 4.49. The van der Waals surface area contributed by atoms with E-state index in [2.05, 4.69) is 5.32 Å². The van der Waals surface area contributed by atoms with Crippen molar-refractivity contribution in [2.75, 3.05) is 0 Å². The van der Waals surface area contributed by atoms with Crippen molar-refractivity contribution >= 4 is 17.5 Å². The highest BCUT2D eigenvalue weighted by Gasteiger charge is 2.42. The van der Waals surface area contributed by atoms with E-state index < -0.39 is 39.8 Å². The Kier molecular flexibility index (Phi) is 6.58. The Morgan fingerprint density at radius 2 is 1.76 bits per heavy atom. The number of alkyl halides is 3. The molecule has 1 amide bonds. The fourth-order valence-electron chi connectivity index (χ4n) is 4.52. The van der Waals surface area contributed by atoms with Crippen LogP contribution in [0.5, 0.6) is 0 Å². The lowest BCUT2D eigenvalue weighted by atomic mass is 9.77. The monoisotopic (exact) mass is 488 g/mol. The number of nitrogens with zero attached hydrogens (tertiary/aromatic N) is 1. The lowest BCUT2D eigenvalue weighted by molar-refractivity contribution is -0.138. The number of benzene rings is 2. The van der Waals surface area contributed by atoms with Crippen molar-refractivity contribution in [3.05, 3.63) is 97.9 Å². The topological polar surface area (TPSA) is 51.1 Å². The van der Waals surface area contributed by atoms with E-state index in [4.69, 9.17) is 11.6 Å². The summed E-state index contributed by atoms with van der Waals surface area (Å²) < 4.78 is 43.4. The van der Waals surface area contributed by atoms with Gasteiger partial charge in [0.05, 0.1) is 17.2 Å². The van der Waals surface area contributed by atoms with Crippen LogP contribution in [0.25, 0.3) is 5.69 Å². The quantitative estimate of drug-likeness (QED) is 0.452. The molecule has 178 valence electrons. The summed E-state index contributed by atoms with van der Waals surface area (Å²) in [6.45, 7) is 3.25. The summed E-state index contributed by atoms with van der Waals surface area (Å²) in [4.78, 5) is 26.4. The number of pyridine rings is 1. The number of carbonyl (C=O) groups excluding carboxylic acids is 1. The second kappa shape index (κ2) is 9.29. The zero-order valence-corrected chi connectivity index (χ0v) is 19.5. The molecular weight excluding hydrogens is 465 g/mol. The second-order valence-corrected chi connectivity index (χ2v) is 9.06. The Balaban J connectivity index is 1.87. The highest BCUT2D eigenvalue weighted by Crippen LogP contribution is 2.40. The van der Waals surface area contributed by atoms with Gasteiger partial charge in [0.25, 0.3) is 11.5 Å². The third-order valence-electron chi connectivity index (χ3n) is 6.39. The molecule has 1 aliphatic carbocycles. The Morgan fingerprint density at radius 1 is 1.09 bits per heavy atom. The van der Waals surface area contributed by atoms with Gasteiger partial charge in [-0.05, 0) is 50.3 Å². The van der Waals surface area contributed by atoms with Gasteiger partial charge in [0.15, 0.2) is 0 Å². The summed E-state index contributed by atoms with van der Waals surface area (Å²) in [5, 5.41) is 1.82. The van der Waals surface area contributed by atoms with E-state index in [1.165, 1.54) is 6.92 Å². The standard InChI is InChI=1S/C26H24ClF3N2O2/c1-15-8-6-11-18(14-15)23(17-9-7-10-17)31-24(33)20-16(2)32(19-12-4-3-5-13-19)25(34)22(27)21(20)26(28,29)30/h3-6,8,11-14,17,23H,7,9-10H2,1-2H3,(H,31,33)/t23-/m0/s1. The molecule has 0 unspecified atom stereocenters. The molecule has 1 fully saturated rings. The number of nitrogens with one attached hydrogen (secondary N) is 1. The fraction of sp³-hybridized carbons (Fsp3) is 0.308. The van der Waals surface area contributed by atoms with Crippen LogP contribution in [-0.2, 0) is 6.18 Å². The molecule has 1 atom stereocenters. The van der Waals surface area contributed by atoms with Crippen molar-refractivity contribution in [1.29, 1.82) is 0 Å². The van der Waals surface area contributed by atoms with Crippen LogP contribution in [0.4, 0.5) is 13.2 Å². The highest BCUT2D eigenvalue weighted by molar-refractivity contribution is 6.31. The molecule has 1 aromatic heterocycles. The molecular formula is C26H24ClF3N2O2. The van der Waals surface area contributed by atoms with Crippen molar-refractivity contribution in [2.45, 2.75) is 45.3 Å². The maximum atomic E-state index is 14.1. The number of carbonyl (C=O) groups is 1. The van der Waals surface area contributed by atoms with Crippen LogP contribution in [0.1, 0.15) is 58.0 Å². The van der Waals surface area contributed by atoms with E-state index in [0.29, 0.717) is 5.69 Å². The van der Waals surface area contributed by atoms with Crippen molar-refractivity contribution in [3.63, 3.8) is 0 Å². The van der Waals surface area contributed by atoms with E-state index in [9.17, 15) is 22.8 Å². The van der Waals surface area contributed by atoms with Gasteiger partial charge >= 0.3 is 6.18 Å². The van der Waals surface area contributed by atoms with Gasteiger partial charge < -0.3 is 5.32 Å². The van der Waals surface area contributed by atoms with Gasteiger partial charge in [0.1, 0.15) is 5.02 Å². The minimum Gasteiger partial charge on any atom is -0.345 e. The predicted octanol–water partition coefficient (Wildman–Crippen LogP) is 6.40. The first kappa shape index (κ1) is 24.1.